The molecule has 0 saturated carbocycles. The largest absolute Gasteiger partial charge is 0.466 e. The number of rotatable bonds is 11. The van der Waals surface area contributed by atoms with E-state index in [1.807, 2.05) is 0 Å². The number of esters is 3. The Labute approximate surface area is 250 Å². The summed E-state index contributed by atoms with van der Waals surface area (Å²) in [6, 6.07) is 6.55. The van der Waals surface area contributed by atoms with Gasteiger partial charge < -0.3 is 14.2 Å². The molecule has 3 rings (SSSR count). The van der Waals surface area contributed by atoms with Crippen LogP contribution in [0.25, 0.3) is 0 Å². The number of nitro benzene ring substituents is 2. The van der Waals surface area contributed by atoms with Gasteiger partial charge in [-0.2, -0.15) is 0 Å². The summed E-state index contributed by atoms with van der Waals surface area (Å²) < 4.78 is 70.9. The molecule has 236 valence electrons. The molecule has 0 bridgehead atoms. The second-order valence-corrected chi connectivity index (χ2v) is 13.2. The normalized spacial score (nSPS) is 18.5. The summed E-state index contributed by atoms with van der Waals surface area (Å²) in [5, 5.41) is 22.2. The van der Waals surface area contributed by atoms with Crippen LogP contribution in [0.1, 0.15) is 20.3 Å². The molecule has 2 aromatic rings. The molecule has 0 saturated heterocycles. The SMILES string of the molecule is COC(=O)C1=C[C@@H](OC(C)=O)[C@@H](OC(C)=O)[C@H](CN(S(=O)(=O)c2ccc([N+](=O)[O-])cc2)S(=O)(=O)c2ccc([N+](=O)[O-])cc2)C1. The maximum Gasteiger partial charge on any atom is 0.333 e. The lowest BCUT2D eigenvalue weighted by Crippen LogP contribution is -2.49. The predicted octanol–water partition coefficient (Wildman–Crippen LogP) is 1.87. The van der Waals surface area contributed by atoms with E-state index in [0.717, 1.165) is 75.6 Å². The minimum Gasteiger partial charge on any atom is -0.466 e. The monoisotopic (exact) mass is 655 g/mol. The van der Waals surface area contributed by atoms with Crippen molar-refractivity contribution in [1.29, 1.82) is 0 Å². The summed E-state index contributed by atoms with van der Waals surface area (Å²) in [5.41, 5.74) is -1.13. The standard InChI is InChI=1S/C25H25N3O14S2/c1-15(29)41-23-13-17(25(31)40-3)12-18(24(23)42-16(2)30)14-26(43(36,37)21-8-4-19(5-9-21)27(32)33)44(38,39)22-10-6-20(7-11-22)28(34)35/h4-11,13,18,23-24H,12,14H2,1-3H3/t18-,23+,24-/m0/s1. The molecule has 17 nitrogen and oxygen atoms in total. The van der Waals surface area contributed by atoms with Crippen molar-refractivity contribution in [1.82, 2.24) is 3.71 Å². The molecule has 0 fully saturated rings. The van der Waals surface area contributed by atoms with Crippen LogP contribution < -0.4 is 0 Å². The van der Waals surface area contributed by atoms with Crippen LogP contribution >= 0.6 is 0 Å². The molecule has 3 atom stereocenters. The van der Waals surface area contributed by atoms with Gasteiger partial charge in [0, 0.05) is 56.1 Å². The Bertz CT molecular complexity index is 1630. The Morgan fingerprint density at radius 3 is 1.61 bits per heavy atom. The lowest BCUT2D eigenvalue weighted by atomic mass is 9.84. The summed E-state index contributed by atoms with van der Waals surface area (Å²) >= 11 is 0. The van der Waals surface area contributed by atoms with Gasteiger partial charge in [-0.1, -0.05) is 3.71 Å². The van der Waals surface area contributed by atoms with E-state index >= 15 is 0 Å². The van der Waals surface area contributed by atoms with Gasteiger partial charge in [0.05, 0.1) is 26.7 Å². The van der Waals surface area contributed by atoms with E-state index in [1.165, 1.54) is 0 Å². The van der Waals surface area contributed by atoms with E-state index in [1.54, 1.807) is 0 Å². The second-order valence-electron chi connectivity index (χ2n) is 9.26. The van der Waals surface area contributed by atoms with Crippen LogP contribution in [0, 0.1) is 26.1 Å². The Kier molecular flexibility index (Phi) is 10.2. The van der Waals surface area contributed by atoms with Crippen molar-refractivity contribution in [3.05, 3.63) is 80.4 Å². The number of hydrogen-bond donors (Lipinski definition) is 0. The third kappa shape index (κ3) is 7.41. The average molecular weight is 656 g/mol. The predicted molar refractivity (Wildman–Crippen MR) is 147 cm³/mol. The van der Waals surface area contributed by atoms with Crippen LogP contribution in [0.2, 0.25) is 0 Å². The molecule has 0 N–H and O–H groups in total. The zero-order valence-electron chi connectivity index (χ0n) is 23.2. The van der Waals surface area contributed by atoms with Gasteiger partial charge in [0.15, 0.2) is 6.10 Å². The number of benzene rings is 2. The number of non-ortho nitro benzene ring substituents is 2. The first kappa shape index (κ1) is 33.7. The maximum atomic E-state index is 13.9. The first-order chi connectivity index (χ1) is 20.5. The summed E-state index contributed by atoms with van der Waals surface area (Å²) in [6.07, 6.45) is -2.23. The van der Waals surface area contributed by atoms with Gasteiger partial charge >= 0.3 is 17.9 Å². The summed E-state index contributed by atoms with van der Waals surface area (Å²) in [6.45, 7) is 1.01. The molecule has 1 aliphatic rings. The molecule has 44 heavy (non-hydrogen) atoms. The first-order valence-corrected chi connectivity index (χ1v) is 15.3. The Balaban J connectivity index is 2.23. The molecule has 1 aliphatic carbocycles. The molecule has 0 aromatic heterocycles. The second kappa shape index (κ2) is 13.3. The lowest BCUT2D eigenvalue weighted by molar-refractivity contribution is -0.385. The van der Waals surface area contributed by atoms with Crippen molar-refractivity contribution >= 4 is 49.3 Å². The minimum atomic E-state index is -5.11. The molecule has 2 aromatic carbocycles. The van der Waals surface area contributed by atoms with Crippen LogP contribution in [0.4, 0.5) is 11.4 Å². The van der Waals surface area contributed by atoms with Gasteiger partial charge in [-0.25, -0.2) is 21.6 Å². The molecule has 19 heteroatoms. The van der Waals surface area contributed by atoms with Crippen LogP contribution in [-0.2, 0) is 48.6 Å². The fourth-order valence-electron chi connectivity index (χ4n) is 4.36. The average Bonchev–Trinajstić information content (AvgIpc) is 2.96. The number of sulfonamides is 2. The lowest BCUT2D eigenvalue weighted by Gasteiger charge is -2.37. The third-order valence-electron chi connectivity index (χ3n) is 6.30. The van der Waals surface area contributed by atoms with Crippen molar-refractivity contribution in [3.63, 3.8) is 0 Å². The molecular formula is C25H25N3O14S2. The Morgan fingerprint density at radius 1 is 0.818 bits per heavy atom. The van der Waals surface area contributed by atoms with Crippen molar-refractivity contribution in [2.45, 2.75) is 42.3 Å². The highest BCUT2D eigenvalue weighted by atomic mass is 32.3. The van der Waals surface area contributed by atoms with E-state index < -0.39 is 100 Å². The molecular weight excluding hydrogens is 630 g/mol. The Hall–Kier alpha value is -4.75. The fraction of sp³-hybridized carbons (Fsp3) is 0.320. The van der Waals surface area contributed by atoms with E-state index in [9.17, 15) is 51.4 Å². The van der Waals surface area contributed by atoms with Crippen molar-refractivity contribution < 1.29 is 55.3 Å². The van der Waals surface area contributed by atoms with E-state index in [4.69, 9.17) is 14.2 Å². The highest BCUT2D eigenvalue weighted by Gasteiger charge is 2.46. The smallest absolute Gasteiger partial charge is 0.333 e. The van der Waals surface area contributed by atoms with Crippen molar-refractivity contribution in [2.75, 3.05) is 13.7 Å². The molecule has 0 aliphatic heterocycles. The zero-order chi connectivity index (χ0) is 33.0. The number of nitro groups is 2. The van der Waals surface area contributed by atoms with Crippen molar-refractivity contribution in [3.8, 4) is 0 Å². The fourth-order valence-corrected chi connectivity index (χ4v) is 8.11. The highest BCUT2D eigenvalue weighted by molar-refractivity contribution is 8.04. The molecule has 0 unspecified atom stereocenters. The number of hydrogen-bond acceptors (Lipinski definition) is 14. The maximum absolute atomic E-state index is 13.9. The molecule has 0 spiro atoms. The van der Waals surface area contributed by atoms with Crippen LogP contribution in [0.15, 0.2) is 70.0 Å². The number of ether oxygens (including phenoxy) is 3. The minimum absolute atomic E-state index is 0.0224. The van der Waals surface area contributed by atoms with E-state index in [2.05, 4.69) is 0 Å². The number of carbonyl (C=O) groups excluding carboxylic acids is 3. The third-order valence-corrected chi connectivity index (χ3v) is 10.6. The molecule has 0 amide bonds. The summed E-state index contributed by atoms with van der Waals surface area (Å²) in [7, 11) is -9.17. The number of nitrogens with zero attached hydrogens (tertiary/aromatic N) is 3. The van der Waals surface area contributed by atoms with E-state index in [-0.39, 0.29) is 9.28 Å². The van der Waals surface area contributed by atoms with Gasteiger partial charge in [0.2, 0.25) is 0 Å². The molecule has 0 radical (unpaired) electrons. The zero-order valence-corrected chi connectivity index (χ0v) is 24.8. The van der Waals surface area contributed by atoms with Gasteiger partial charge in [0.1, 0.15) is 6.10 Å². The van der Waals surface area contributed by atoms with Gasteiger partial charge in [-0.15, -0.1) is 0 Å². The van der Waals surface area contributed by atoms with Crippen LogP contribution in [0.5, 0.6) is 0 Å². The van der Waals surface area contributed by atoms with Gasteiger partial charge in [0.25, 0.3) is 31.4 Å². The number of carbonyl (C=O) groups is 3. The first-order valence-electron chi connectivity index (χ1n) is 12.4. The van der Waals surface area contributed by atoms with Crippen LogP contribution in [-0.4, -0.2) is 74.2 Å². The Morgan fingerprint density at radius 2 is 1.25 bits per heavy atom. The summed E-state index contributed by atoms with van der Waals surface area (Å²) in [4.78, 5) is 55.6. The van der Waals surface area contributed by atoms with Crippen LogP contribution in [0.3, 0.4) is 0 Å². The van der Waals surface area contributed by atoms with E-state index in [0.29, 0.717) is 0 Å². The highest BCUT2D eigenvalue weighted by Crippen LogP contribution is 2.35. The van der Waals surface area contributed by atoms with Crippen molar-refractivity contribution in [2.24, 2.45) is 5.92 Å². The molecule has 0 heterocycles. The topological polar surface area (TPSA) is 237 Å². The quantitative estimate of drug-likeness (QED) is 0.145. The number of methoxy groups -OCH3 is 1. The summed E-state index contributed by atoms with van der Waals surface area (Å²) in [5.74, 6) is -4.06. The van der Waals surface area contributed by atoms with Gasteiger partial charge in [-0.05, 0) is 36.8 Å². The van der Waals surface area contributed by atoms with Gasteiger partial charge in [-0.3, -0.25) is 29.8 Å².